The molecule has 1 N–H and O–H groups in total. The normalized spacial score (nSPS) is 27.9. The van der Waals surface area contributed by atoms with Gasteiger partial charge in [0.1, 0.15) is 5.75 Å². The summed E-state index contributed by atoms with van der Waals surface area (Å²) in [5.41, 5.74) is 2.83. The number of methoxy groups -OCH3 is 1. The fourth-order valence-electron chi connectivity index (χ4n) is 3.20. The number of hydrogen-bond donors (Lipinski definition) is 1. The summed E-state index contributed by atoms with van der Waals surface area (Å²) in [6, 6.07) is 7.24. The van der Waals surface area contributed by atoms with Crippen molar-refractivity contribution in [2.24, 2.45) is 0 Å². The molecule has 2 unspecified atom stereocenters. The maximum Gasteiger partial charge on any atom is 0.119 e. The van der Waals surface area contributed by atoms with Crippen LogP contribution in [0.4, 0.5) is 0 Å². The number of nitrogens with one attached hydrogen (secondary N) is 1. The molecule has 0 aromatic heterocycles. The summed E-state index contributed by atoms with van der Waals surface area (Å²) in [7, 11) is 3.93. The molecule has 2 aliphatic rings. The molecule has 4 heteroatoms. The Bertz CT molecular complexity index is 444. The average molecular weight is 262 g/mol. The van der Waals surface area contributed by atoms with E-state index in [9.17, 15) is 0 Å². The van der Waals surface area contributed by atoms with E-state index in [0.717, 1.165) is 38.5 Å². The minimum absolute atomic E-state index is 0.381. The van der Waals surface area contributed by atoms with Crippen LogP contribution in [0.1, 0.15) is 17.2 Å². The van der Waals surface area contributed by atoms with E-state index in [2.05, 4.69) is 35.5 Å². The lowest BCUT2D eigenvalue weighted by Gasteiger charge is -2.41. The predicted molar refractivity (Wildman–Crippen MR) is 74.7 cm³/mol. The standard InChI is InChI=1S/C15H22N2O2/c1-17-7-5-11-9-12(18-2)3-4-13(11)15(17)14-10-19-8-6-16-14/h3-4,9,14-16H,5-8,10H2,1-2H3. The summed E-state index contributed by atoms with van der Waals surface area (Å²) in [6.07, 6.45) is 1.09. The molecule has 0 radical (unpaired) electrons. The molecule has 2 heterocycles. The van der Waals surface area contributed by atoms with Gasteiger partial charge in [-0.1, -0.05) is 6.07 Å². The smallest absolute Gasteiger partial charge is 0.119 e. The number of rotatable bonds is 2. The SMILES string of the molecule is COc1ccc2c(c1)CCN(C)C2C1COCCN1. The Kier molecular flexibility index (Phi) is 3.73. The van der Waals surface area contributed by atoms with E-state index in [1.807, 2.05) is 0 Å². The van der Waals surface area contributed by atoms with Crippen molar-refractivity contribution in [3.63, 3.8) is 0 Å². The van der Waals surface area contributed by atoms with Crippen molar-refractivity contribution in [3.05, 3.63) is 29.3 Å². The fourth-order valence-corrected chi connectivity index (χ4v) is 3.20. The molecular formula is C15H22N2O2. The van der Waals surface area contributed by atoms with Crippen LogP contribution in [0.15, 0.2) is 18.2 Å². The van der Waals surface area contributed by atoms with E-state index in [4.69, 9.17) is 9.47 Å². The lowest BCUT2D eigenvalue weighted by molar-refractivity contribution is 0.0380. The van der Waals surface area contributed by atoms with Gasteiger partial charge in [-0.25, -0.2) is 0 Å². The Morgan fingerprint density at radius 1 is 1.42 bits per heavy atom. The van der Waals surface area contributed by atoms with Gasteiger partial charge in [0, 0.05) is 13.1 Å². The molecule has 4 nitrogen and oxygen atoms in total. The maximum absolute atomic E-state index is 5.63. The van der Waals surface area contributed by atoms with Crippen molar-refractivity contribution in [1.29, 1.82) is 0 Å². The highest BCUT2D eigenvalue weighted by Gasteiger charge is 2.32. The molecule has 0 amide bonds. The van der Waals surface area contributed by atoms with E-state index in [1.54, 1.807) is 7.11 Å². The summed E-state index contributed by atoms with van der Waals surface area (Å²) in [4.78, 5) is 2.43. The third-order valence-electron chi connectivity index (χ3n) is 4.21. The molecule has 1 aromatic rings. The van der Waals surface area contributed by atoms with Gasteiger partial charge >= 0.3 is 0 Å². The number of likely N-dealkylation sites (N-methyl/N-ethyl adjacent to an activating group) is 1. The van der Waals surface area contributed by atoms with Gasteiger partial charge in [-0.05, 0) is 36.7 Å². The highest BCUT2D eigenvalue weighted by molar-refractivity contribution is 5.40. The van der Waals surface area contributed by atoms with Crippen molar-refractivity contribution in [3.8, 4) is 5.75 Å². The number of ether oxygens (including phenoxy) is 2. The van der Waals surface area contributed by atoms with Crippen LogP contribution >= 0.6 is 0 Å². The first-order valence-electron chi connectivity index (χ1n) is 6.98. The van der Waals surface area contributed by atoms with Crippen LogP contribution in [-0.2, 0) is 11.2 Å². The van der Waals surface area contributed by atoms with Gasteiger partial charge in [0.2, 0.25) is 0 Å². The van der Waals surface area contributed by atoms with Gasteiger partial charge in [0.25, 0.3) is 0 Å². The first kappa shape index (κ1) is 12.9. The first-order chi connectivity index (χ1) is 9.29. The minimum atomic E-state index is 0.381. The zero-order chi connectivity index (χ0) is 13.2. The minimum Gasteiger partial charge on any atom is -0.497 e. The lowest BCUT2D eigenvalue weighted by atomic mass is 9.88. The van der Waals surface area contributed by atoms with Gasteiger partial charge < -0.3 is 14.8 Å². The fraction of sp³-hybridized carbons (Fsp3) is 0.600. The summed E-state index contributed by atoms with van der Waals surface area (Å²) in [6.45, 7) is 3.65. The molecule has 0 bridgehead atoms. The van der Waals surface area contributed by atoms with Gasteiger partial charge in [0.05, 0.1) is 32.4 Å². The summed E-state index contributed by atoms with van der Waals surface area (Å²) in [5.74, 6) is 0.954. The van der Waals surface area contributed by atoms with Gasteiger partial charge in [-0.2, -0.15) is 0 Å². The van der Waals surface area contributed by atoms with E-state index in [-0.39, 0.29) is 0 Å². The van der Waals surface area contributed by atoms with Gasteiger partial charge in [-0.15, -0.1) is 0 Å². The molecule has 0 aliphatic carbocycles. The predicted octanol–water partition coefficient (Wildman–Crippen LogP) is 1.21. The molecule has 19 heavy (non-hydrogen) atoms. The second kappa shape index (κ2) is 5.49. The molecule has 3 rings (SSSR count). The lowest BCUT2D eigenvalue weighted by Crippen LogP contribution is -2.51. The summed E-state index contributed by atoms with van der Waals surface area (Å²) < 4.78 is 11.0. The Morgan fingerprint density at radius 2 is 2.32 bits per heavy atom. The van der Waals surface area contributed by atoms with Crippen LogP contribution < -0.4 is 10.1 Å². The molecule has 104 valence electrons. The summed E-state index contributed by atoms with van der Waals surface area (Å²) >= 11 is 0. The zero-order valence-electron chi connectivity index (χ0n) is 11.7. The number of nitrogens with zero attached hydrogens (tertiary/aromatic N) is 1. The Labute approximate surface area is 114 Å². The number of benzene rings is 1. The monoisotopic (exact) mass is 262 g/mol. The first-order valence-corrected chi connectivity index (χ1v) is 6.98. The third-order valence-corrected chi connectivity index (χ3v) is 4.21. The van der Waals surface area contributed by atoms with E-state index in [0.29, 0.717) is 12.1 Å². The highest BCUT2D eigenvalue weighted by Crippen LogP contribution is 2.33. The molecule has 2 atom stereocenters. The average Bonchev–Trinajstić information content (AvgIpc) is 2.47. The molecule has 2 aliphatic heterocycles. The molecular weight excluding hydrogens is 240 g/mol. The number of morpholine rings is 1. The van der Waals surface area contributed by atoms with E-state index in [1.165, 1.54) is 11.1 Å². The number of hydrogen-bond acceptors (Lipinski definition) is 4. The quantitative estimate of drug-likeness (QED) is 0.869. The van der Waals surface area contributed by atoms with Crippen LogP contribution in [0.2, 0.25) is 0 Å². The van der Waals surface area contributed by atoms with E-state index < -0.39 is 0 Å². The second-order valence-corrected chi connectivity index (χ2v) is 5.38. The van der Waals surface area contributed by atoms with Crippen LogP contribution in [0, 0.1) is 0 Å². The Morgan fingerprint density at radius 3 is 3.05 bits per heavy atom. The largest absolute Gasteiger partial charge is 0.497 e. The van der Waals surface area contributed by atoms with E-state index >= 15 is 0 Å². The van der Waals surface area contributed by atoms with Crippen LogP contribution in [0.3, 0.4) is 0 Å². The molecule has 0 saturated carbocycles. The Hall–Kier alpha value is -1.10. The van der Waals surface area contributed by atoms with Crippen LogP contribution in [0.25, 0.3) is 0 Å². The van der Waals surface area contributed by atoms with Crippen molar-refractivity contribution in [2.45, 2.75) is 18.5 Å². The highest BCUT2D eigenvalue weighted by atomic mass is 16.5. The van der Waals surface area contributed by atoms with Crippen LogP contribution in [-0.4, -0.2) is 51.4 Å². The molecule has 1 saturated heterocycles. The Balaban J connectivity index is 1.91. The zero-order valence-corrected chi connectivity index (χ0v) is 11.7. The molecule has 1 fully saturated rings. The third kappa shape index (κ3) is 2.48. The topological polar surface area (TPSA) is 33.7 Å². The van der Waals surface area contributed by atoms with Gasteiger partial charge in [0.15, 0.2) is 0 Å². The molecule has 1 aromatic carbocycles. The van der Waals surface area contributed by atoms with Crippen molar-refractivity contribution >= 4 is 0 Å². The second-order valence-electron chi connectivity index (χ2n) is 5.38. The maximum atomic E-state index is 5.63. The number of fused-ring (bicyclic) bond motifs is 1. The van der Waals surface area contributed by atoms with Crippen molar-refractivity contribution < 1.29 is 9.47 Å². The van der Waals surface area contributed by atoms with Gasteiger partial charge in [-0.3, -0.25) is 4.90 Å². The molecule has 0 spiro atoms. The van der Waals surface area contributed by atoms with Crippen LogP contribution in [0.5, 0.6) is 5.75 Å². The van der Waals surface area contributed by atoms with Crippen molar-refractivity contribution in [2.75, 3.05) is 40.5 Å². The summed E-state index contributed by atoms with van der Waals surface area (Å²) in [5, 5.41) is 3.59. The van der Waals surface area contributed by atoms with Crippen molar-refractivity contribution in [1.82, 2.24) is 10.2 Å².